The lowest BCUT2D eigenvalue weighted by Crippen LogP contribution is -2.30. The van der Waals surface area contributed by atoms with Gasteiger partial charge in [0, 0.05) is 18.2 Å². The van der Waals surface area contributed by atoms with Crippen LogP contribution in [0.5, 0.6) is 5.75 Å². The third-order valence-electron chi connectivity index (χ3n) is 2.55. The van der Waals surface area contributed by atoms with E-state index in [-0.39, 0.29) is 25.7 Å². The molecule has 0 aliphatic heterocycles. The molecule has 22 heavy (non-hydrogen) atoms. The van der Waals surface area contributed by atoms with Crippen LogP contribution in [0.2, 0.25) is 5.02 Å². The molecule has 1 rings (SSSR count). The predicted octanol–water partition coefficient (Wildman–Crippen LogP) is 3.11. The van der Waals surface area contributed by atoms with E-state index in [1.165, 1.54) is 0 Å². The highest BCUT2D eigenvalue weighted by Gasteiger charge is 2.27. The second-order valence-corrected chi connectivity index (χ2v) is 4.98. The van der Waals surface area contributed by atoms with Gasteiger partial charge < -0.3 is 14.8 Å². The molecule has 0 aromatic heterocycles. The van der Waals surface area contributed by atoms with Crippen molar-refractivity contribution < 1.29 is 27.4 Å². The van der Waals surface area contributed by atoms with Gasteiger partial charge in [0.2, 0.25) is 0 Å². The molecule has 124 valence electrons. The summed E-state index contributed by atoms with van der Waals surface area (Å²) in [6.07, 6.45) is -4.03. The fourth-order valence-electron chi connectivity index (χ4n) is 1.50. The third kappa shape index (κ3) is 8.09. The summed E-state index contributed by atoms with van der Waals surface area (Å²) in [4.78, 5) is 11.5. The number of alkyl halides is 3. The molecule has 0 saturated heterocycles. The molecule has 0 radical (unpaired) electrons. The van der Waals surface area contributed by atoms with Crippen molar-refractivity contribution in [3.8, 4) is 5.75 Å². The average Bonchev–Trinajstić information content (AvgIpc) is 2.43. The van der Waals surface area contributed by atoms with Gasteiger partial charge in [0.1, 0.15) is 12.4 Å². The molecule has 1 N–H and O–H groups in total. The van der Waals surface area contributed by atoms with E-state index in [1.54, 1.807) is 18.2 Å². The molecule has 0 spiro atoms. The van der Waals surface area contributed by atoms with Gasteiger partial charge in [0.15, 0.2) is 6.61 Å². The van der Waals surface area contributed by atoms with Crippen molar-refractivity contribution in [1.82, 2.24) is 5.32 Å². The minimum atomic E-state index is -4.33. The van der Waals surface area contributed by atoms with Gasteiger partial charge in [-0.1, -0.05) is 11.6 Å². The number of amides is 1. The highest BCUT2D eigenvalue weighted by molar-refractivity contribution is 6.31. The van der Waals surface area contributed by atoms with Crippen molar-refractivity contribution in [3.05, 3.63) is 28.8 Å². The van der Waals surface area contributed by atoms with E-state index in [0.717, 1.165) is 5.56 Å². The quantitative estimate of drug-likeness (QED) is 0.740. The number of nitrogens with one attached hydrogen (secondary N) is 1. The highest BCUT2D eigenvalue weighted by Crippen LogP contribution is 2.20. The van der Waals surface area contributed by atoms with Crippen molar-refractivity contribution in [2.45, 2.75) is 19.5 Å². The summed E-state index contributed by atoms with van der Waals surface area (Å²) in [5.41, 5.74) is 0.835. The molecule has 1 amide bonds. The van der Waals surface area contributed by atoms with Crippen molar-refractivity contribution in [2.24, 2.45) is 0 Å². The van der Waals surface area contributed by atoms with Crippen molar-refractivity contribution >= 4 is 17.5 Å². The van der Waals surface area contributed by atoms with Gasteiger partial charge >= 0.3 is 6.18 Å². The first-order valence-corrected chi connectivity index (χ1v) is 6.96. The standard InChI is InChI=1S/C14H17ClF3NO3/c1-10-7-11(3-4-12(10)15)22-8-13(20)19-5-2-6-21-9-14(16,17)18/h3-4,7H,2,5-6,8-9H2,1H3,(H,19,20). The molecular weight excluding hydrogens is 323 g/mol. The normalized spacial score (nSPS) is 11.3. The lowest BCUT2D eigenvalue weighted by Gasteiger charge is -2.09. The van der Waals surface area contributed by atoms with Gasteiger partial charge in [-0.2, -0.15) is 13.2 Å². The molecule has 0 unspecified atom stereocenters. The van der Waals surface area contributed by atoms with E-state index in [0.29, 0.717) is 17.2 Å². The Kier molecular flexibility index (Phi) is 7.47. The number of rotatable bonds is 8. The van der Waals surface area contributed by atoms with Crippen LogP contribution in [0, 0.1) is 6.92 Å². The molecule has 0 bridgehead atoms. The molecule has 0 heterocycles. The Balaban J connectivity index is 2.12. The Labute approximate surface area is 131 Å². The van der Waals surface area contributed by atoms with Crippen LogP contribution < -0.4 is 10.1 Å². The van der Waals surface area contributed by atoms with Crippen molar-refractivity contribution in [3.63, 3.8) is 0 Å². The van der Waals surface area contributed by atoms with Gasteiger partial charge in [-0.25, -0.2) is 0 Å². The minimum Gasteiger partial charge on any atom is -0.484 e. The SMILES string of the molecule is Cc1cc(OCC(=O)NCCCOCC(F)(F)F)ccc1Cl. The van der Waals surface area contributed by atoms with Crippen LogP contribution in [0.15, 0.2) is 18.2 Å². The number of carbonyl (C=O) groups is 1. The highest BCUT2D eigenvalue weighted by atomic mass is 35.5. The van der Waals surface area contributed by atoms with Crippen LogP contribution in [-0.4, -0.2) is 38.4 Å². The molecule has 4 nitrogen and oxygen atoms in total. The molecule has 1 aromatic carbocycles. The van der Waals surface area contributed by atoms with Gasteiger partial charge in [0.05, 0.1) is 0 Å². The number of benzene rings is 1. The monoisotopic (exact) mass is 339 g/mol. The first-order chi connectivity index (χ1) is 10.3. The summed E-state index contributed by atoms with van der Waals surface area (Å²) in [6, 6.07) is 5.02. The number of halogens is 4. The third-order valence-corrected chi connectivity index (χ3v) is 2.98. The Morgan fingerprint density at radius 1 is 1.36 bits per heavy atom. The molecular formula is C14H17ClF3NO3. The minimum absolute atomic E-state index is 0.0724. The van der Waals surface area contributed by atoms with Crippen LogP contribution in [-0.2, 0) is 9.53 Å². The lowest BCUT2D eigenvalue weighted by atomic mass is 10.2. The molecule has 0 fully saturated rings. The van der Waals surface area contributed by atoms with Gasteiger partial charge in [-0.15, -0.1) is 0 Å². The fraction of sp³-hybridized carbons (Fsp3) is 0.500. The van der Waals surface area contributed by atoms with Gasteiger partial charge in [-0.3, -0.25) is 4.79 Å². The second kappa shape index (κ2) is 8.85. The van der Waals surface area contributed by atoms with E-state index < -0.39 is 12.8 Å². The molecule has 1 aromatic rings. The Morgan fingerprint density at radius 2 is 2.09 bits per heavy atom. The predicted molar refractivity (Wildman–Crippen MR) is 76.2 cm³/mol. The summed E-state index contributed by atoms with van der Waals surface area (Å²) < 4.78 is 45.1. The van der Waals surface area contributed by atoms with Gasteiger partial charge in [-0.05, 0) is 37.1 Å². The van der Waals surface area contributed by atoms with Crippen LogP contribution in [0.3, 0.4) is 0 Å². The number of carbonyl (C=O) groups excluding carboxylic acids is 1. The lowest BCUT2D eigenvalue weighted by molar-refractivity contribution is -0.174. The van der Waals surface area contributed by atoms with Crippen molar-refractivity contribution in [1.29, 1.82) is 0 Å². The summed E-state index contributed by atoms with van der Waals surface area (Å²) in [7, 11) is 0. The summed E-state index contributed by atoms with van der Waals surface area (Å²) >= 11 is 5.86. The Hall–Kier alpha value is -1.47. The largest absolute Gasteiger partial charge is 0.484 e. The van der Waals surface area contributed by atoms with E-state index in [1.807, 2.05) is 6.92 Å². The van der Waals surface area contributed by atoms with E-state index >= 15 is 0 Å². The molecule has 0 atom stereocenters. The maximum Gasteiger partial charge on any atom is 0.411 e. The van der Waals surface area contributed by atoms with Crippen LogP contribution in [0.4, 0.5) is 13.2 Å². The molecule has 0 aliphatic rings. The zero-order valence-corrected chi connectivity index (χ0v) is 12.8. The van der Waals surface area contributed by atoms with Gasteiger partial charge in [0.25, 0.3) is 5.91 Å². The number of ether oxygens (including phenoxy) is 2. The van der Waals surface area contributed by atoms with Crippen molar-refractivity contribution in [2.75, 3.05) is 26.4 Å². The average molecular weight is 340 g/mol. The zero-order chi connectivity index (χ0) is 16.6. The number of hydrogen-bond donors (Lipinski definition) is 1. The maximum atomic E-state index is 11.8. The molecule has 8 heteroatoms. The first kappa shape index (κ1) is 18.6. The second-order valence-electron chi connectivity index (χ2n) is 4.57. The Bertz CT molecular complexity index is 495. The summed E-state index contributed by atoms with van der Waals surface area (Å²) in [5, 5.41) is 3.13. The van der Waals surface area contributed by atoms with E-state index in [4.69, 9.17) is 16.3 Å². The van der Waals surface area contributed by atoms with Crippen LogP contribution in [0.1, 0.15) is 12.0 Å². The summed E-state index contributed by atoms with van der Waals surface area (Å²) in [6.45, 7) is 0.511. The topological polar surface area (TPSA) is 47.6 Å². The number of hydrogen-bond acceptors (Lipinski definition) is 3. The fourth-order valence-corrected chi connectivity index (χ4v) is 1.61. The van der Waals surface area contributed by atoms with Crippen LogP contribution in [0.25, 0.3) is 0 Å². The molecule has 0 aliphatic carbocycles. The zero-order valence-electron chi connectivity index (χ0n) is 12.0. The van der Waals surface area contributed by atoms with E-state index in [2.05, 4.69) is 10.1 Å². The first-order valence-electron chi connectivity index (χ1n) is 6.58. The summed E-state index contributed by atoms with van der Waals surface area (Å²) in [5.74, 6) is 0.161. The Morgan fingerprint density at radius 3 is 2.73 bits per heavy atom. The van der Waals surface area contributed by atoms with Crippen LogP contribution >= 0.6 is 11.6 Å². The number of aryl methyl sites for hydroxylation is 1. The smallest absolute Gasteiger partial charge is 0.411 e. The molecule has 0 saturated carbocycles. The van der Waals surface area contributed by atoms with E-state index in [9.17, 15) is 18.0 Å². The maximum absolute atomic E-state index is 11.8.